The fourth-order valence-electron chi connectivity index (χ4n) is 2.21. The second-order valence-corrected chi connectivity index (χ2v) is 5.02. The Kier molecular flexibility index (Phi) is 5.33. The summed E-state index contributed by atoms with van der Waals surface area (Å²) in [6, 6.07) is 5.15. The third kappa shape index (κ3) is 4.04. The molecule has 1 heterocycles. The number of aryl methyl sites for hydroxylation is 1. The molecule has 0 aliphatic heterocycles. The van der Waals surface area contributed by atoms with Crippen molar-refractivity contribution in [3.05, 3.63) is 47.5 Å². The molecule has 21 heavy (non-hydrogen) atoms. The van der Waals surface area contributed by atoms with Crippen molar-refractivity contribution in [1.82, 2.24) is 15.1 Å². The highest BCUT2D eigenvalue weighted by Gasteiger charge is 2.09. The Morgan fingerprint density at radius 1 is 1.43 bits per heavy atom. The number of nitrogens with one attached hydrogen (secondary N) is 1. The summed E-state index contributed by atoms with van der Waals surface area (Å²) in [6.07, 6.45) is 4.85. The maximum absolute atomic E-state index is 13.7. The van der Waals surface area contributed by atoms with Gasteiger partial charge < -0.3 is 10.1 Å². The molecule has 0 saturated heterocycles. The molecule has 114 valence electrons. The molecular formula is C16H22FN3O. The Labute approximate surface area is 124 Å². The van der Waals surface area contributed by atoms with E-state index in [0.717, 1.165) is 25.1 Å². The Balaban J connectivity index is 1.86. The van der Waals surface area contributed by atoms with Crippen LogP contribution >= 0.6 is 0 Å². The van der Waals surface area contributed by atoms with Gasteiger partial charge in [-0.25, -0.2) is 4.39 Å². The molecule has 1 N–H and O–H groups in total. The van der Waals surface area contributed by atoms with Gasteiger partial charge in [0.15, 0.2) is 11.6 Å². The molecule has 0 aliphatic carbocycles. The van der Waals surface area contributed by atoms with Gasteiger partial charge in [0.2, 0.25) is 0 Å². The van der Waals surface area contributed by atoms with Gasteiger partial charge in [0.05, 0.1) is 13.3 Å². The molecule has 0 aliphatic rings. The highest BCUT2D eigenvalue weighted by atomic mass is 19.1. The first kappa shape index (κ1) is 15.5. The normalized spacial score (nSPS) is 12.4. The van der Waals surface area contributed by atoms with E-state index in [0.29, 0.717) is 0 Å². The van der Waals surface area contributed by atoms with Crippen molar-refractivity contribution in [3.63, 3.8) is 0 Å². The third-order valence-electron chi connectivity index (χ3n) is 3.55. The second-order valence-electron chi connectivity index (χ2n) is 5.02. The van der Waals surface area contributed by atoms with Gasteiger partial charge in [0, 0.05) is 18.8 Å². The summed E-state index contributed by atoms with van der Waals surface area (Å²) in [5.74, 6) is -0.0502. The largest absolute Gasteiger partial charge is 0.494 e. The molecule has 0 spiro atoms. The van der Waals surface area contributed by atoms with E-state index in [1.165, 1.54) is 18.7 Å². The van der Waals surface area contributed by atoms with Crippen LogP contribution in [-0.2, 0) is 13.0 Å². The van der Waals surface area contributed by atoms with Crippen molar-refractivity contribution < 1.29 is 9.13 Å². The van der Waals surface area contributed by atoms with Gasteiger partial charge in [-0.15, -0.1) is 0 Å². The summed E-state index contributed by atoms with van der Waals surface area (Å²) in [7, 11) is 1.47. The molecule has 1 atom stereocenters. The maximum atomic E-state index is 13.7. The van der Waals surface area contributed by atoms with E-state index in [4.69, 9.17) is 4.74 Å². The molecule has 1 aromatic heterocycles. The van der Waals surface area contributed by atoms with Crippen LogP contribution in [-0.4, -0.2) is 23.4 Å². The fourth-order valence-corrected chi connectivity index (χ4v) is 2.21. The first-order chi connectivity index (χ1) is 10.1. The molecule has 0 amide bonds. The highest BCUT2D eigenvalue weighted by molar-refractivity contribution is 5.30. The minimum Gasteiger partial charge on any atom is -0.494 e. The Morgan fingerprint density at radius 2 is 2.24 bits per heavy atom. The van der Waals surface area contributed by atoms with E-state index in [1.54, 1.807) is 6.07 Å². The summed E-state index contributed by atoms with van der Waals surface area (Å²) in [5.41, 5.74) is 2.12. The first-order valence-corrected chi connectivity index (χ1v) is 7.22. The van der Waals surface area contributed by atoms with Gasteiger partial charge in [-0.1, -0.05) is 6.07 Å². The third-order valence-corrected chi connectivity index (χ3v) is 3.55. The van der Waals surface area contributed by atoms with Crippen LogP contribution in [0.2, 0.25) is 0 Å². The van der Waals surface area contributed by atoms with Crippen LogP contribution in [0.4, 0.5) is 4.39 Å². The molecule has 1 aromatic carbocycles. The zero-order valence-electron chi connectivity index (χ0n) is 12.8. The van der Waals surface area contributed by atoms with Crippen molar-refractivity contribution in [2.24, 2.45) is 0 Å². The second kappa shape index (κ2) is 7.22. The van der Waals surface area contributed by atoms with Crippen molar-refractivity contribution >= 4 is 0 Å². The molecule has 2 rings (SSSR count). The van der Waals surface area contributed by atoms with E-state index in [2.05, 4.69) is 23.5 Å². The van der Waals surface area contributed by atoms with Crippen LogP contribution < -0.4 is 10.1 Å². The molecule has 1 unspecified atom stereocenters. The lowest BCUT2D eigenvalue weighted by Gasteiger charge is -2.14. The SMILES string of the molecule is CCn1cc(CCNC(C)c2ccc(OC)c(F)c2)cn1. The van der Waals surface area contributed by atoms with E-state index >= 15 is 0 Å². The Bertz CT molecular complexity index is 583. The molecule has 0 saturated carbocycles. The molecule has 4 nitrogen and oxygen atoms in total. The molecule has 0 fully saturated rings. The van der Waals surface area contributed by atoms with E-state index in [9.17, 15) is 4.39 Å². The number of nitrogens with zero attached hydrogens (tertiary/aromatic N) is 2. The lowest BCUT2D eigenvalue weighted by molar-refractivity contribution is 0.385. The lowest BCUT2D eigenvalue weighted by Crippen LogP contribution is -2.21. The van der Waals surface area contributed by atoms with E-state index < -0.39 is 0 Å². The average Bonchev–Trinajstić information content (AvgIpc) is 2.95. The predicted molar refractivity (Wildman–Crippen MR) is 81.0 cm³/mol. The highest BCUT2D eigenvalue weighted by Crippen LogP contribution is 2.21. The van der Waals surface area contributed by atoms with Gasteiger partial charge in [-0.3, -0.25) is 4.68 Å². The monoisotopic (exact) mass is 291 g/mol. The van der Waals surface area contributed by atoms with Crippen molar-refractivity contribution in [2.45, 2.75) is 32.9 Å². The standard InChI is InChI=1S/C16H22FN3O/c1-4-20-11-13(10-19-20)7-8-18-12(2)14-5-6-16(21-3)15(17)9-14/h5-6,9-12,18H,4,7-8H2,1-3H3. The van der Waals surface area contributed by atoms with Gasteiger partial charge >= 0.3 is 0 Å². The summed E-state index contributed by atoms with van der Waals surface area (Å²) in [6.45, 7) is 5.80. The number of rotatable bonds is 7. The topological polar surface area (TPSA) is 39.1 Å². The molecule has 5 heteroatoms. The quantitative estimate of drug-likeness (QED) is 0.852. The van der Waals surface area contributed by atoms with Gasteiger partial charge in [-0.2, -0.15) is 5.10 Å². The van der Waals surface area contributed by atoms with Crippen LogP contribution in [0.3, 0.4) is 0 Å². The number of methoxy groups -OCH3 is 1. The van der Waals surface area contributed by atoms with Crippen molar-refractivity contribution in [3.8, 4) is 5.75 Å². The Morgan fingerprint density at radius 3 is 2.86 bits per heavy atom. The molecular weight excluding hydrogens is 269 g/mol. The van der Waals surface area contributed by atoms with Gasteiger partial charge in [-0.05, 0) is 50.1 Å². The van der Waals surface area contributed by atoms with Crippen LogP contribution in [0, 0.1) is 5.82 Å². The first-order valence-electron chi connectivity index (χ1n) is 7.22. The zero-order valence-corrected chi connectivity index (χ0v) is 12.8. The zero-order chi connectivity index (χ0) is 15.2. The lowest BCUT2D eigenvalue weighted by atomic mass is 10.1. The number of aromatic nitrogens is 2. The molecule has 2 aromatic rings. The number of hydrogen-bond donors (Lipinski definition) is 1. The van der Waals surface area contributed by atoms with Crippen molar-refractivity contribution in [1.29, 1.82) is 0 Å². The summed E-state index contributed by atoms with van der Waals surface area (Å²) in [5, 5.41) is 7.64. The predicted octanol–water partition coefficient (Wildman–Crippen LogP) is 2.94. The van der Waals surface area contributed by atoms with E-state index in [1.807, 2.05) is 23.9 Å². The van der Waals surface area contributed by atoms with Crippen LogP contribution in [0.1, 0.15) is 31.0 Å². The number of benzene rings is 1. The molecule has 0 bridgehead atoms. The van der Waals surface area contributed by atoms with Crippen LogP contribution in [0.25, 0.3) is 0 Å². The average molecular weight is 291 g/mol. The number of halogens is 1. The number of hydrogen-bond acceptors (Lipinski definition) is 3. The minimum atomic E-state index is -0.326. The minimum absolute atomic E-state index is 0.0895. The van der Waals surface area contributed by atoms with Gasteiger partial charge in [0.25, 0.3) is 0 Å². The molecule has 0 radical (unpaired) electrons. The van der Waals surface area contributed by atoms with Crippen LogP contribution in [0.15, 0.2) is 30.6 Å². The summed E-state index contributed by atoms with van der Waals surface area (Å²) < 4.78 is 20.5. The van der Waals surface area contributed by atoms with Crippen LogP contribution in [0.5, 0.6) is 5.75 Å². The van der Waals surface area contributed by atoms with E-state index in [-0.39, 0.29) is 17.6 Å². The number of ether oxygens (including phenoxy) is 1. The smallest absolute Gasteiger partial charge is 0.165 e. The van der Waals surface area contributed by atoms with Gasteiger partial charge in [0.1, 0.15) is 0 Å². The summed E-state index contributed by atoms with van der Waals surface area (Å²) >= 11 is 0. The Hall–Kier alpha value is -1.88. The fraction of sp³-hybridized carbons (Fsp3) is 0.438. The summed E-state index contributed by atoms with van der Waals surface area (Å²) in [4.78, 5) is 0. The van der Waals surface area contributed by atoms with Crippen molar-refractivity contribution in [2.75, 3.05) is 13.7 Å². The maximum Gasteiger partial charge on any atom is 0.165 e.